The van der Waals surface area contributed by atoms with Crippen molar-refractivity contribution in [3.05, 3.63) is 33.1 Å². The Morgan fingerprint density at radius 3 is 2.47 bits per heavy atom. The molecule has 4 N–H and O–H groups in total. The molecule has 0 aliphatic heterocycles. The quantitative estimate of drug-likeness (QED) is 0.811. The topological polar surface area (TPSA) is 80.0 Å². The molecule has 1 aromatic heterocycles. The summed E-state index contributed by atoms with van der Waals surface area (Å²) < 4.78 is 0. The lowest BCUT2D eigenvalue weighted by Gasteiger charge is -2.05. The first-order chi connectivity index (χ1) is 8.99. The fourth-order valence-corrected chi connectivity index (χ4v) is 2.67. The number of carbonyl (C=O) groups is 1. The van der Waals surface area contributed by atoms with Crippen molar-refractivity contribution in [2.75, 3.05) is 23.4 Å². The third-order valence-electron chi connectivity index (χ3n) is 2.19. The Morgan fingerprint density at radius 2 is 1.95 bits per heavy atom. The van der Waals surface area contributed by atoms with Crippen molar-refractivity contribution >= 4 is 57.1 Å². The molecular formula is C11H10Cl2N4OS. The predicted molar refractivity (Wildman–Crippen MR) is 80.5 cm³/mol. The first-order valence-electron chi connectivity index (χ1n) is 5.21. The van der Waals surface area contributed by atoms with E-state index in [0.29, 0.717) is 25.7 Å². The summed E-state index contributed by atoms with van der Waals surface area (Å²) in [5.41, 5.74) is 6.18. The molecule has 0 radical (unpaired) electrons. The Labute approximate surface area is 123 Å². The van der Waals surface area contributed by atoms with E-state index >= 15 is 0 Å². The molecular weight excluding hydrogens is 307 g/mol. The highest BCUT2D eigenvalue weighted by Gasteiger charge is 2.16. The van der Waals surface area contributed by atoms with Crippen molar-refractivity contribution < 1.29 is 4.79 Å². The molecule has 2 aromatic rings. The van der Waals surface area contributed by atoms with E-state index < -0.39 is 0 Å². The van der Waals surface area contributed by atoms with Crippen molar-refractivity contribution in [2.24, 2.45) is 0 Å². The van der Waals surface area contributed by atoms with Crippen LogP contribution in [0.15, 0.2) is 18.2 Å². The van der Waals surface area contributed by atoms with Gasteiger partial charge in [0.2, 0.25) is 0 Å². The van der Waals surface area contributed by atoms with Crippen molar-refractivity contribution in [3.63, 3.8) is 0 Å². The Balaban J connectivity index is 2.22. The molecule has 8 heteroatoms. The number of anilines is 3. The predicted octanol–water partition coefficient (Wildman–Crippen LogP) is 3.33. The van der Waals surface area contributed by atoms with Gasteiger partial charge in [0.25, 0.3) is 5.91 Å². The second-order valence-electron chi connectivity index (χ2n) is 3.60. The largest absolute Gasteiger partial charge is 0.382 e. The van der Waals surface area contributed by atoms with Crippen LogP contribution in [0.5, 0.6) is 0 Å². The van der Waals surface area contributed by atoms with Crippen molar-refractivity contribution in [3.8, 4) is 0 Å². The lowest BCUT2D eigenvalue weighted by atomic mass is 10.3. The van der Waals surface area contributed by atoms with Crippen LogP contribution in [-0.2, 0) is 0 Å². The number of nitrogen functional groups attached to an aromatic ring is 1. The number of nitrogens with two attached hydrogens (primary N) is 1. The fourth-order valence-electron chi connectivity index (χ4n) is 1.42. The maximum atomic E-state index is 12.1. The summed E-state index contributed by atoms with van der Waals surface area (Å²) in [5, 5.41) is 6.96. The van der Waals surface area contributed by atoms with E-state index in [4.69, 9.17) is 28.9 Å². The smallest absolute Gasteiger partial charge is 0.269 e. The maximum absolute atomic E-state index is 12.1. The van der Waals surface area contributed by atoms with Crippen LogP contribution in [0.4, 0.5) is 16.6 Å². The number of halogens is 2. The summed E-state index contributed by atoms with van der Waals surface area (Å²) in [4.78, 5) is 16.4. The highest BCUT2D eigenvalue weighted by atomic mass is 35.5. The molecule has 1 aromatic carbocycles. The molecule has 0 saturated heterocycles. The molecule has 0 saturated carbocycles. The molecule has 0 spiro atoms. The van der Waals surface area contributed by atoms with Crippen molar-refractivity contribution in [2.45, 2.75) is 0 Å². The standard InChI is InChI=1S/C11H10Cl2N4OS/c1-15-11-17-9(14)8(19-11)10(18)16-7-3-5(12)2-6(13)4-7/h2-4H,14H2,1H3,(H,15,17)(H,16,18). The minimum Gasteiger partial charge on any atom is -0.382 e. The number of hydrogen-bond acceptors (Lipinski definition) is 5. The molecule has 19 heavy (non-hydrogen) atoms. The highest BCUT2D eigenvalue weighted by Crippen LogP contribution is 2.27. The van der Waals surface area contributed by atoms with E-state index in [1.54, 1.807) is 25.2 Å². The number of rotatable bonds is 3. The van der Waals surface area contributed by atoms with Crippen LogP contribution in [0.2, 0.25) is 10.0 Å². The van der Waals surface area contributed by atoms with Crippen LogP contribution < -0.4 is 16.4 Å². The summed E-state index contributed by atoms with van der Waals surface area (Å²) in [5.74, 6) is -0.171. The molecule has 2 rings (SSSR count). The van der Waals surface area contributed by atoms with Crippen LogP contribution in [-0.4, -0.2) is 17.9 Å². The zero-order valence-electron chi connectivity index (χ0n) is 9.83. The molecule has 5 nitrogen and oxygen atoms in total. The summed E-state index contributed by atoms with van der Waals surface area (Å²) >= 11 is 12.9. The number of thiazole rings is 1. The SMILES string of the molecule is CNc1nc(N)c(C(=O)Nc2cc(Cl)cc(Cl)c2)s1. The van der Waals surface area contributed by atoms with E-state index in [-0.39, 0.29) is 11.7 Å². The Morgan fingerprint density at radius 1 is 1.32 bits per heavy atom. The molecule has 0 aliphatic carbocycles. The number of amides is 1. The van der Waals surface area contributed by atoms with Gasteiger partial charge in [-0.2, -0.15) is 0 Å². The Kier molecular flexibility index (Phi) is 4.14. The molecule has 0 fully saturated rings. The molecule has 0 aliphatic rings. The first-order valence-corrected chi connectivity index (χ1v) is 6.78. The highest BCUT2D eigenvalue weighted by molar-refractivity contribution is 7.18. The van der Waals surface area contributed by atoms with E-state index in [0.717, 1.165) is 0 Å². The maximum Gasteiger partial charge on any atom is 0.269 e. The van der Waals surface area contributed by atoms with E-state index in [9.17, 15) is 4.79 Å². The van der Waals surface area contributed by atoms with Crippen LogP contribution in [0.25, 0.3) is 0 Å². The zero-order chi connectivity index (χ0) is 14.0. The van der Waals surface area contributed by atoms with E-state index in [1.807, 2.05) is 0 Å². The van der Waals surface area contributed by atoms with Gasteiger partial charge in [0.1, 0.15) is 10.7 Å². The first kappa shape index (κ1) is 13.9. The minimum atomic E-state index is -0.352. The van der Waals surface area contributed by atoms with Crippen LogP contribution in [0.1, 0.15) is 9.67 Å². The molecule has 1 heterocycles. The van der Waals surface area contributed by atoms with Gasteiger partial charge >= 0.3 is 0 Å². The van der Waals surface area contributed by atoms with Gasteiger partial charge < -0.3 is 16.4 Å². The summed E-state index contributed by atoms with van der Waals surface area (Å²) in [6.07, 6.45) is 0. The Hall–Kier alpha value is -1.50. The van der Waals surface area contributed by atoms with Gasteiger partial charge in [-0.15, -0.1) is 0 Å². The molecule has 100 valence electrons. The monoisotopic (exact) mass is 316 g/mol. The molecule has 0 bridgehead atoms. The second kappa shape index (κ2) is 5.64. The van der Waals surface area contributed by atoms with Gasteiger partial charge in [-0.05, 0) is 18.2 Å². The number of benzene rings is 1. The zero-order valence-corrected chi connectivity index (χ0v) is 12.2. The lowest BCUT2D eigenvalue weighted by Crippen LogP contribution is -2.12. The lowest BCUT2D eigenvalue weighted by molar-refractivity contribution is 0.103. The number of nitrogens with zero attached hydrogens (tertiary/aromatic N) is 1. The van der Waals surface area contributed by atoms with E-state index in [1.165, 1.54) is 11.3 Å². The van der Waals surface area contributed by atoms with Gasteiger partial charge in [-0.1, -0.05) is 34.5 Å². The van der Waals surface area contributed by atoms with Gasteiger partial charge in [0.05, 0.1) is 0 Å². The summed E-state index contributed by atoms with van der Waals surface area (Å²) in [6.45, 7) is 0. The van der Waals surface area contributed by atoms with E-state index in [2.05, 4.69) is 15.6 Å². The fraction of sp³-hybridized carbons (Fsp3) is 0.0909. The van der Waals surface area contributed by atoms with Gasteiger partial charge in [-0.3, -0.25) is 4.79 Å². The number of carbonyl (C=O) groups excluding carboxylic acids is 1. The third kappa shape index (κ3) is 3.28. The van der Waals surface area contributed by atoms with Gasteiger partial charge in [-0.25, -0.2) is 4.98 Å². The van der Waals surface area contributed by atoms with Crippen molar-refractivity contribution in [1.29, 1.82) is 0 Å². The molecule has 0 atom stereocenters. The van der Waals surface area contributed by atoms with Gasteiger partial charge in [0.15, 0.2) is 5.13 Å². The van der Waals surface area contributed by atoms with Crippen LogP contribution in [0, 0.1) is 0 Å². The third-order valence-corrected chi connectivity index (χ3v) is 3.72. The van der Waals surface area contributed by atoms with Gasteiger partial charge in [0, 0.05) is 22.8 Å². The van der Waals surface area contributed by atoms with Crippen molar-refractivity contribution in [1.82, 2.24) is 4.98 Å². The number of nitrogens with one attached hydrogen (secondary N) is 2. The molecule has 1 amide bonds. The van der Waals surface area contributed by atoms with Crippen LogP contribution in [0.3, 0.4) is 0 Å². The number of aromatic nitrogens is 1. The number of hydrogen-bond donors (Lipinski definition) is 3. The average Bonchev–Trinajstić information content (AvgIpc) is 2.69. The normalized spacial score (nSPS) is 10.3. The Bertz CT molecular complexity index is 609. The molecule has 0 unspecified atom stereocenters. The average molecular weight is 317 g/mol. The minimum absolute atomic E-state index is 0.181. The summed E-state index contributed by atoms with van der Waals surface area (Å²) in [6, 6.07) is 4.78. The second-order valence-corrected chi connectivity index (χ2v) is 5.47. The summed E-state index contributed by atoms with van der Waals surface area (Å²) in [7, 11) is 1.71. The van der Waals surface area contributed by atoms with Crippen LogP contribution >= 0.6 is 34.5 Å².